The van der Waals surface area contributed by atoms with Gasteiger partial charge in [0.25, 0.3) is 5.88 Å². The monoisotopic (exact) mass is 416 g/mol. The van der Waals surface area contributed by atoms with Gasteiger partial charge >= 0.3 is 0 Å². The van der Waals surface area contributed by atoms with E-state index in [1.165, 1.54) is 6.42 Å². The number of hydrogen-bond donors (Lipinski definition) is 0. The summed E-state index contributed by atoms with van der Waals surface area (Å²) in [4.78, 5) is 2.28. The quantitative estimate of drug-likeness (QED) is 0.490. The van der Waals surface area contributed by atoms with Crippen LogP contribution in [0.25, 0.3) is 11.0 Å². The molecule has 8 heteroatoms. The van der Waals surface area contributed by atoms with Crippen molar-refractivity contribution in [1.82, 2.24) is 15.4 Å². The number of rotatable bonds is 8. The number of halogens is 1. The molecule has 0 bridgehead atoms. The van der Waals surface area contributed by atoms with E-state index in [0.29, 0.717) is 29.8 Å². The third-order valence-corrected chi connectivity index (χ3v) is 5.47. The van der Waals surface area contributed by atoms with Crippen molar-refractivity contribution < 1.29 is 14.0 Å². The molecule has 0 spiro atoms. The summed E-state index contributed by atoms with van der Waals surface area (Å²) in [6.45, 7) is 5.19. The van der Waals surface area contributed by atoms with Gasteiger partial charge in [0, 0.05) is 19.2 Å². The first kappa shape index (κ1) is 19.8. The number of nitrogens with zero attached hydrogens (tertiary/aromatic N) is 4. The van der Waals surface area contributed by atoms with Crippen LogP contribution in [0.2, 0.25) is 5.15 Å². The smallest absolute Gasteiger partial charge is 0.262 e. The Morgan fingerprint density at radius 1 is 1.14 bits per heavy atom. The summed E-state index contributed by atoms with van der Waals surface area (Å²) in [6.07, 6.45) is 4.52. The van der Waals surface area contributed by atoms with Crippen LogP contribution in [-0.2, 0) is 0 Å². The fraction of sp³-hybridized carbons (Fsp3) is 0.476. The van der Waals surface area contributed by atoms with Gasteiger partial charge in [-0.3, -0.25) is 0 Å². The Morgan fingerprint density at radius 2 is 2.00 bits per heavy atom. The van der Waals surface area contributed by atoms with Crippen LogP contribution in [0.4, 0.5) is 5.82 Å². The summed E-state index contributed by atoms with van der Waals surface area (Å²) in [5.41, 5.74) is 0.684. The molecule has 3 heterocycles. The summed E-state index contributed by atoms with van der Waals surface area (Å²) in [5.74, 6) is 2.96. The van der Waals surface area contributed by atoms with Gasteiger partial charge in [0.2, 0.25) is 0 Å². The van der Waals surface area contributed by atoms with Gasteiger partial charge in [-0.25, -0.2) is 0 Å². The second-order valence-corrected chi connectivity index (χ2v) is 7.60. The summed E-state index contributed by atoms with van der Waals surface area (Å²) < 4.78 is 16.7. The molecule has 29 heavy (non-hydrogen) atoms. The lowest BCUT2D eigenvalue weighted by Gasteiger charge is -2.32. The Bertz CT molecular complexity index is 923. The highest BCUT2D eigenvalue weighted by atomic mass is 35.5. The highest BCUT2D eigenvalue weighted by Gasteiger charge is 2.20. The van der Waals surface area contributed by atoms with E-state index in [-0.39, 0.29) is 0 Å². The van der Waals surface area contributed by atoms with Gasteiger partial charge in [0.05, 0.1) is 18.6 Å². The lowest BCUT2D eigenvalue weighted by molar-refractivity contribution is 0.279. The SMILES string of the molecule is CCOc1noc2cc(OCCCC3CCN(c4ccc(Cl)nn4)CC3)ccc12. The zero-order valence-corrected chi connectivity index (χ0v) is 17.3. The number of aromatic nitrogens is 3. The van der Waals surface area contributed by atoms with E-state index in [1.54, 1.807) is 6.07 Å². The first-order valence-corrected chi connectivity index (χ1v) is 10.5. The molecule has 1 aromatic carbocycles. The van der Waals surface area contributed by atoms with Gasteiger partial charge in [0.1, 0.15) is 5.75 Å². The van der Waals surface area contributed by atoms with Crippen LogP contribution in [0, 0.1) is 5.92 Å². The molecule has 0 saturated carbocycles. The largest absolute Gasteiger partial charge is 0.493 e. The molecule has 4 rings (SSSR count). The van der Waals surface area contributed by atoms with Gasteiger partial charge in [0.15, 0.2) is 16.6 Å². The fourth-order valence-electron chi connectivity index (χ4n) is 3.72. The van der Waals surface area contributed by atoms with E-state index >= 15 is 0 Å². The van der Waals surface area contributed by atoms with Crippen LogP contribution in [0.15, 0.2) is 34.9 Å². The number of anilines is 1. The third kappa shape index (κ3) is 4.90. The maximum Gasteiger partial charge on any atom is 0.262 e. The van der Waals surface area contributed by atoms with Gasteiger partial charge < -0.3 is 18.9 Å². The Balaban J connectivity index is 1.19. The number of ether oxygens (including phenoxy) is 2. The normalized spacial score (nSPS) is 15.0. The summed E-state index contributed by atoms with van der Waals surface area (Å²) in [6, 6.07) is 9.47. The van der Waals surface area contributed by atoms with Crippen molar-refractivity contribution in [2.45, 2.75) is 32.6 Å². The van der Waals surface area contributed by atoms with E-state index in [2.05, 4.69) is 20.3 Å². The van der Waals surface area contributed by atoms with E-state index in [9.17, 15) is 0 Å². The molecule has 1 saturated heterocycles. The third-order valence-electron chi connectivity index (χ3n) is 5.27. The standard InChI is InChI=1S/C21H25ClN4O3/c1-2-27-21-17-6-5-16(14-18(17)29-25-21)28-13-3-4-15-9-11-26(12-10-15)20-8-7-19(22)23-24-20/h5-8,14-15H,2-4,9-13H2,1H3. The van der Waals surface area contributed by atoms with Crippen LogP contribution >= 0.6 is 11.6 Å². The van der Waals surface area contributed by atoms with Gasteiger partial charge in [-0.2, -0.15) is 0 Å². The van der Waals surface area contributed by atoms with Crippen LogP contribution in [0.1, 0.15) is 32.6 Å². The first-order valence-electron chi connectivity index (χ1n) is 10.1. The van der Waals surface area contributed by atoms with E-state index in [4.69, 9.17) is 25.6 Å². The molecule has 1 aliphatic rings. The molecule has 3 aromatic rings. The summed E-state index contributed by atoms with van der Waals surface area (Å²) in [5, 5.41) is 13.4. The lowest BCUT2D eigenvalue weighted by atomic mass is 9.92. The van der Waals surface area contributed by atoms with E-state index < -0.39 is 0 Å². The second-order valence-electron chi connectivity index (χ2n) is 7.21. The molecule has 1 fully saturated rings. The van der Waals surface area contributed by atoms with Crippen molar-refractivity contribution in [2.24, 2.45) is 5.92 Å². The molecule has 154 valence electrons. The number of hydrogen-bond acceptors (Lipinski definition) is 7. The first-order chi connectivity index (χ1) is 14.2. The minimum atomic E-state index is 0.431. The highest BCUT2D eigenvalue weighted by Crippen LogP contribution is 2.29. The molecular weight excluding hydrogens is 392 g/mol. The summed E-state index contributed by atoms with van der Waals surface area (Å²) >= 11 is 5.81. The zero-order valence-electron chi connectivity index (χ0n) is 16.5. The maximum atomic E-state index is 5.91. The average molecular weight is 417 g/mol. The van der Waals surface area contributed by atoms with Crippen molar-refractivity contribution >= 4 is 28.4 Å². The van der Waals surface area contributed by atoms with Gasteiger partial charge in [-0.15, -0.1) is 10.2 Å². The minimum absolute atomic E-state index is 0.431. The molecular formula is C21H25ClN4O3. The van der Waals surface area contributed by atoms with Crippen molar-refractivity contribution in [2.75, 3.05) is 31.2 Å². The molecule has 0 amide bonds. The zero-order chi connectivity index (χ0) is 20.1. The van der Waals surface area contributed by atoms with Crippen molar-refractivity contribution in [3.05, 3.63) is 35.5 Å². The molecule has 2 aromatic heterocycles. The fourth-order valence-corrected chi connectivity index (χ4v) is 3.82. The highest BCUT2D eigenvalue weighted by molar-refractivity contribution is 6.29. The Labute approximate surface area is 174 Å². The minimum Gasteiger partial charge on any atom is -0.493 e. The Morgan fingerprint density at radius 3 is 2.76 bits per heavy atom. The predicted molar refractivity (Wildman–Crippen MR) is 112 cm³/mol. The Kier molecular flexibility index (Phi) is 6.34. The van der Waals surface area contributed by atoms with Crippen molar-refractivity contribution in [3.8, 4) is 11.6 Å². The molecule has 7 nitrogen and oxygen atoms in total. The number of fused-ring (bicyclic) bond motifs is 1. The van der Waals surface area contributed by atoms with Gasteiger partial charge in [-0.05, 0) is 67.9 Å². The molecule has 0 aliphatic carbocycles. The van der Waals surface area contributed by atoms with Crippen molar-refractivity contribution in [3.63, 3.8) is 0 Å². The molecule has 0 radical (unpaired) electrons. The van der Waals surface area contributed by atoms with Crippen LogP contribution < -0.4 is 14.4 Å². The van der Waals surface area contributed by atoms with Crippen LogP contribution in [-0.4, -0.2) is 41.7 Å². The molecule has 0 N–H and O–H groups in total. The molecule has 1 aliphatic heterocycles. The van der Waals surface area contributed by atoms with Crippen LogP contribution in [0.5, 0.6) is 11.6 Å². The Hall–Kier alpha value is -2.54. The van der Waals surface area contributed by atoms with E-state index in [1.807, 2.05) is 31.2 Å². The number of benzene rings is 1. The molecule has 0 atom stereocenters. The summed E-state index contributed by atoms with van der Waals surface area (Å²) in [7, 11) is 0. The maximum absolute atomic E-state index is 5.91. The average Bonchev–Trinajstić information content (AvgIpc) is 3.15. The van der Waals surface area contributed by atoms with E-state index in [0.717, 1.165) is 55.2 Å². The predicted octanol–water partition coefficient (Wildman–Crippen LogP) is 4.75. The molecule has 0 unspecified atom stereocenters. The van der Waals surface area contributed by atoms with Gasteiger partial charge in [-0.1, -0.05) is 11.6 Å². The number of piperidine rings is 1. The lowest BCUT2D eigenvalue weighted by Crippen LogP contribution is -2.34. The van der Waals surface area contributed by atoms with Crippen molar-refractivity contribution in [1.29, 1.82) is 0 Å². The second kappa shape index (κ2) is 9.31. The van der Waals surface area contributed by atoms with Crippen LogP contribution in [0.3, 0.4) is 0 Å². The topological polar surface area (TPSA) is 73.5 Å².